The molecule has 4 atom stereocenters. The van der Waals surface area contributed by atoms with Gasteiger partial charge in [0.2, 0.25) is 0 Å². The van der Waals surface area contributed by atoms with E-state index >= 15 is 0 Å². The molecule has 0 bridgehead atoms. The number of aliphatic hydroxyl groups is 1. The molecule has 0 aromatic carbocycles. The number of ether oxygens (including phenoxy) is 4. The standard InChI is InChI=1S/C8H16O5/c1-10-5-4-13-8(12-3)6(9)7(5)11-2/h5-9H,4H2,1-3H3/t5-,6+,7-,8?/m0/s1. The van der Waals surface area contributed by atoms with E-state index in [-0.39, 0.29) is 6.10 Å². The SMILES string of the molecule is COC1OC[C@H](OC)[C@H](OC)[C@H]1O. The molecule has 0 aromatic rings. The highest BCUT2D eigenvalue weighted by atomic mass is 16.7. The Kier molecular flexibility index (Phi) is 4.08. The Morgan fingerprint density at radius 3 is 2.31 bits per heavy atom. The molecule has 0 aromatic heterocycles. The molecule has 1 aliphatic rings. The molecule has 0 aliphatic carbocycles. The van der Waals surface area contributed by atoms with Crippen molar-refractivity contribution in [1.29, 1.82) is 0 Å². The van der Waals surface area contributed by atoms with Gasteiger partial charge in [-0.05, 0) is 0 Å². The van der Waals surface area contributed by atoms with Crippen molar-refractivity contribution in [3.8, 4) is 0 Å². The van der Waals surface area contributed by atoms with Gasteiger partial charge in [-0.2, -0.15) is 0 Å². The summed E-state index contributed by atoms with van der Waals surface area (Å²) in [5.41, 5.74) is 0. The van der Waals surface area contributed by atoms with E-state index in [2.05, 4.69) is 0 Å². The van der Waals surface area contributed by atoms with Crippen LogP contribution in [-0.2, 0) is 18.9 Å². The smallest absolute Gasteiger partial charge is 0.185 e. The molecule has 0 amide bonds. The van der Waals surface area contributed by atoms with Gasteiger partial charge in [0, 0.05) is 21.3 Å². The average molecular weight is 192 g/mol. The zero-order valence-electron chi connectivity index (χ0n) is 8.10. The van der Waals surface area contributed by atoms with Crippen molar-refractivity contribution in [1.82, 2.24) is 0 Å². The molecule has 13 heavy (non-hydrogen) atoms. The largest absolute Gasteiger partial charge is 0.385 e. The van der Waals surface area contributed by atoms with Crippen molar-refractivity contribution in [2.45, 2.75) is 24.6 Å². The Labute approximate surface area is 77.5 Å². The van der Waals surface area contributed by atoms with Gasteiger partial charge in [-0.3, -0.25) is 0 Å². The third-order valence-electron chi connectivity index (χ3n) is 2.21. The topological polar surface area (TPSA) is 57.2 Å². The second-order valence-electron chi connectivity index (χ2n) is 2.90. The summed E-state index contributed by atoms with van der Waals surface area (Å²) in [7, 11) is 4.56. The van der Waals surface area contributed by atoms with Crippen LogP contribution in [0.25, 0.3) is 0 Å². The molecular formula is C8H16O5. The van der Waals surface area contributed by atoms with Crippen LogP contribution in [0.2, 0.25) is 0 Å². The Hall–Kier alpha value is -0.200. The molecular weight excluding hydrogens is 176 g/mol. The monoisotopic (exact) mass is 192 g/mol. The second kappa shape index (κ2) is 4.88. The van der Waals surface area contributed by atoms with Crippen LogP contribution in [0.4, 0.5) is 0 Å². The number of hydrogen-bond donors (Lipinski definition) is 1. The maximum absolute atomic E-state index is 9.68. The highest BCUT2D eigenvalue weighted by Crippen LogP contribution is 2.19. The summed E-state index contributed by atoms with van der Waals surface area (Å²) in [4.78, 5) is 0. The molecule has 0 saturated carbocycles. The van der Waals surface area contributed by atoms with E-state index in [0.29, 0.717) is 6.61 Å². The highest BCUT2D eigenvalue weighted by Gasteiger charge is 2.40. The summed E-state index contributed by atoms with van der Waals surface area (Å²) in [5.74, 6) is 0. The zero-order chi connectivity index (χ0) is 9.84. The number of hydrogen-bond acceptors (Lipinski definition) is 5. The van der Waals surface area contributed by atoms with E-state index in [1.807, 2.05) is 0 Å². The minimum absolute atomic E-state index is 0.244. The fraction of sp³-hybridized carbons (Fsp3) is 1.00. The summed E-state index contributed by atoms with van der Waals surface area (Å²) in [6.07, 6.45) is -2.08. The van der Waals surface area contributed by atoms with Crippen LogP contribution in [0.15, 0.2) is 0 Å². The molecule has 1 unspecified atom stereocenters. The molecule has 0 spiro atoms. The van der Waals surface area contributed by atoms with E-state index < -0.39 is 18.5 Å². The molecule has 5 heteroatoms. The van der Waals surface area contributed by atoms with Crippen LogP contribution in [0.3, 0.4) is 0 Å². The molecule has 5 nitrogen and oxygen atoms in total. The summed E-state index contributed by atoms with van der Waals surface area (Å²) in [5, 5.41) is 9.68. The van der Waals surface area contributed by atoms with Crippen molar-refractivity contribution in [3.05, 3.63) is 0 Å². The first-order valence-electron chi connectivity index (χ1n) is 4.12. The first-order chi connectivity index (χ1) is 6.24. The van der Waals surface area contributed by atoms with Crippen molar-refractivity contribution >= 4 is 0 Å². The van der Waals surface area contributed by atoms with Crippen molar-refractivity contribution < 1.29 is 24.1 Å². The van der Waals surface area contributed by atoms with Gasteiger partial charge < -0.3 is 24.1 Å². The van der Waals surface area contributed by atoms with Gasteiger partial charge in [0.05, 0.1) is 6.61 Å². The zero-order valence-corrected chi connectivity index (χ0v) is 8.10. The number of aliphatic hydroxyl groups excluding tert-OH is 1. The predicted molar refractivity (Wildman–Crippen MR) is 44.3 cm³/mol. The van der Waals surface area contributed by atoms with E-state index in [1.165, 1.54) is 14.2 Å². The van der Waals surface area contributed by atoms with Crippen LogP contribution in [0, 0.1) is 0 Å². The lowest BCUT2D eigenvalue weighted by Crippen LogP contribution is -2.54. The minimum Gasteiger partial charge on any atom is -0.385 e. The Balaban J connectivity index is 2.59. The lowest BCUT2D eigenvalue weighted by atomic mass is 10.1. The molecule has 1 rings (SSSR count). The Morgan fingerprint density at radius 2 is 1.85 bits per heavy atom. The van der Waals surface area contributed by atoms with Gasteiger partial charge in [-0.1, -0.05) is 0 Å². The fourth-order valence-electron chi connectivity index (χ4n) is 1.46. The van der Waals surface area contributed by atoms with Gasteiger partial charge in [0.25, 0.3) is 0 Å². The summed E-state index contributed by atoms with van der Waals surface area (Å²) in [6, 6.07) is 0. The van der Waals surface area contributed by atoms with Crippen LogP contribution in [-0.4, -0.2) is 57.6 Å². The summed E-state index contributed by atoms with van der Waals surface area (Å²) < 4.78 is 20.3. The van der Waals surface area contributed by atoms with Gasteiger partial charge in [0.1, 0.15) is 18.3 Å². The van der Waals surface area contributed by atoms with E-state index in [4.69, 9.17) is 18.9 Å². The Bertz CT molecular complexity index is 151. The van der Waals surface area contributed by atoms with Crippen molar-refractivity contribution in [2.75, 3.05) is 27.9 Å². The molecule has 1 saturated heterocycles. The van der Waals surface area contributed by atoms with Gasteiger partial charge in [0.15, 0.2) is 6.29 Å². The van der Waals surface area contributed by atoms with Crippen molar-refractivity contribution in [2.24, 2.45) is 0 Å². The van der Waals surface area contributed by atoms with E-state index in [9.17, 15) is 5.11 Å². The third-order valence-corrected chi connectivity index (χ3v) is 2.21. The lowest BCUT2D eigenvalue weighted by molar-refractivity contribution is -0.270. The highest BCUT2D eigenvalue weighted by molar-refractivity contribution is 4.84. The molecule has 0 radical (unpaired) electrons. The second-order valence-corrected chi connectivity index (χ2v) is 2.90. The molecule has 1 heterocycles. The molecule has 1 aliphatic heterocycles. The first kappa shape index (κ1) is 10.9. The van der Waals surface area contributed by atoms with E-state index in [1.54, 1.807) is 7.11 Å². The number of rotatable bonds is 3. The van der Waals surface area contributed by atoms with Gasteiger partial charge in [-0.25, -0.2) is 0 Å². The predicted octanol–water partition coefficient (Wildman–Crippen LogP) is -0.620. The average Bonchev–Trinajstić information content (AvgIpc) is 2.17. The normalized spacial score (nSPS) is 40.6. The van der Waals surface area contributed by atoms with Crippen molar-refractivity contribution in [3.63, 3.8) is 0 Å². The minimum atomic E-state index is -0.811. The van der Waals surface area contributed by atoms with E-state index in [0.717, 1.165) is 0 Å². The fourth-order valence-corrected chi connectivity index (χ4v) is 1.46. The maximum Gasteiger partial charge on any atom is 0.185 e. The van der Waals surface area contributed by atoms with Crippen LogP contribution >= 0.6 is 0 Å². The van der Waals surface area contributed by atoms with Crippen LogP contribution in [0.5, 0.6) is 0 Å². The Morgan fingerprint density at radius 1 is 1.15 bits per heavy atom. The third kappa shape index (κ3) is 2.18. The number of methoxy groups -OCH3 is 3. The summed E-state index contributed by atoms with van der Waals surface area (Å²) in [6.45, 7) is 0.366. The van der Waals surface area contributed by atoms with Crippen LogP contribution in [0.1, 0.15) is 0 Å². The molecule has 1 fully saturated rings. The summed E-state index contributed by atoms with van der Waals surface area (Å²) >= 11 is 0. The lowest BCUT2D eigenvalue weighted by Gasteiger charge is -2.37. The molecule has 1 N–H and O–H groups in total. The van der Waals surface area contributed by atoms with Gasteiger partial charge >= 0.3 is 0 Å². The van der Waals surface area contributed by atoms with Crippen LogP contribution < -0.4 is 0 Å². The maximum atomic E-state index is 9.68. The first-order valence-corrected chi connectivity index (χ1v) is 4.12. The quantitative estimate of drug-likeness (QED) is 0.646. The molecule has 78 valence electrons. The van der Waals surface area contributed by atoms with Gasteiger partial charge in [-0.15, -0.1) is 0 Å².